The SMILES string of the molecule is COc1cccc(C=CC(=O)OCC(=O)Nc2ccc(F)cc2)c1. The van der Waals surface area contributed by atoms with Gasteiger partial charge in [-0.1, -0.05) is 12.1 Å². The van der Waals surface area contributed by atoms with E-state index in [2.05, 4.69) is 5.32 Å². The van der Waals surface area contributed by atoms with E-state index < -0.39 is 24.3 Å². The molecule has 0 bridgehead atoms. The Morgan fingerprint density at radius 2 is 1.92 bits per heavy atom. The molecule has 0 aliphatic rings. The van der Waals surface area contributed by atoms with E-state index in [1.54, 1.807) is 37.5 Å². The number of amides is 1. The minimum absolute atomic E-state index is 0.401. The van der Waals surface area contributed by atoms with Gasteiger partial charge in [-0.25, -0.2) is 9.18 Å². The molecular formula is C18H16FNO4. The maximum atomic E-state index is 12.8. The lowest BCUT2D eigenvalue weighted by Gasteiger charge is -2.05. The molecule has 0 unspecified atom stereocenters. The molecule has 0 saturated carbocycles. The van der Waals surface area contributed by atoms with Gasteiger partial charge in [0.15, 0.2) is 6.61 Å². The number of rotatable bonds is 6. The van der Waals surface area contributed by atoms with Gasteiger partial charge < -0.3 is 14.8 Å². The van der Waals surface area contributed by atoms with Crippen LogP contribution in [-0.2, 0) is 14.3 Å². The van der Waals surface area contributed by atoms with Gasteiger partial charge >= 0.3 is 5.97 Å². The second kappa shape index (κ2) is 8.47. The van der Waals surface area contributed by atoms with E-state index in [-0.39, 0.29) is 0 Å². The van der Waals surface area contributed by atoms with E-state index in [9.17, 15) is 14.0 Å². The molecule has 1 amide bonds. The Morgan fingerprint density at radius 1 is 1.17 bits per heavy atom. The fourth-order valence-corrected chi connectivity index (χ4v) is 1.82. The van der Waals surface area contributed by atoms with Crippen LogP contribution in [0.15, 0.2) is 54.6 Å². The first-order valence-corrected chi connectivity index (χ1v) is 7.11. The topological polar surface area (TPSA) is 64.6 Å². The average Bonchev–Trinajstić information content (AvgIpc) is 2.60. The molecule has 0 radical (unpaired) electrons. The average molecular weight is 329 g/mol. The summed E-state index contributed by atoms with van der Waals surface area (Å²) in [5.74, 6) is -0.886. The highest BCUT2D eigenvalue weighted by molar-refractivity contribution is 5.94. The Morgan fingerprint density at radius 3 is 2.62 bits per heavy atom. The van der Waals surface area contributed by atoms with Crippen molar-refractivity contribution in [2.24, 2.45) is 0 Å². The van der Waals surface area contributed by atoms with Gasteiger partial charge in [0.2, 0.25) is 0 Å². The lowest BCUT2D eigenvalue weighted by Crippen LogP contribution is -2.20. The molecular weight excluding hydrogens is 313 g/mol. The van der Waals surface area contributed by atoms with Gasteiger partial charge in [-0.05, 0) is 48.0 Å². The summed E-state index contributed by atoms with van der Waals surface area (Å²) in [5, 5.41) is 2.49. The van der Waals surface area contributed by atoms with E-state index in [4.69, 9.17) is 9.47 Å². The number of benzene rings is 2. The maximum absolute atomic E-state index is 12.8. The summed E-state index contributed by atoms with van der Waals surface area (Å²) in [4.78, 5) is 23.2. The first-order valence-electron chi connectivity index (χ1n) is 7.11. The van der Waals surface area contributed by atoms with Crippen LogP contribution in [0.25, 0.3) is 6.08 Å². The third-order valence-electron chi connectivity index (χ3n) is 2.98. The third-order valence-corrected chi connectivity index (χ3v) is 2.98. The molecule has 2 rings (SSSR count). The number of anilines is 1. The number of halogens is 1. The minimum Gasteiger partial charge on any atom is -0.497 e. The zero-order chi connectivity index (χ0) is 17.4. The highest BCUT2D eigenvalue weighted by Crippen LogP contribution is 2.13. The summed E-state index contributed by atoms with van der Waals surface area (Å²) < 4.78 is 22.7. The largest absolute Gasteiger partial charge is 0.497 e. The summed E-state index contributed by atoms with van der Waals surface area (Å²) in [7, 11) is 1.55. The zero-order valence-electron chi connectivity index (χ0n) is 13.0. The summed E-state index contributed by atoms with van der Waals surface area (Å²) in [6.07, 6.45) is 2.78. The molecule has 0 fully saturated rings. The predicted molar refractivity (Wildman–Crippen MR) is 88.0 cm³/mol. The van der Waals surface area contributed by atoms with Crippen molar-refractivity contribution in [2.45, 2.75) is 0 Å². The van der Waals surface area contributed by atoms with E-state index in [1.807, 2.05) is 0 Å². The van der Waals surface area contributed by atoms with Crippen molar-refractivity contribution in [3.8, 4) is 5.75 Å². The molecule has 2 aromatic rings. The van der Waals surface area contributed by atoms with Gasteiger partial charge in [-0.2, -0.15) is 0 Å². The fourth-order valence-electron chi connectivity index (χ4n) is 1.82. The van der Waals surface area contributed by atoms with Gasteiger partial charge in [0, 0.05) is 11.8 Å². The molecule has 0 aliphatic carbocycles. The third kappa shape index (κ3) is 5.57. The smallest absolute Gasteiger partial charge is 0.331 e. The number of hydrogen-bond donors (Lipinski definition) is 1. The number of methoxy groups -OCH3 is 1. The number of carbonyl (C=O) groups is 2. The van der Waals surface area contributed by atoms with Crippen LogP contribution in [0, 0.1) is 5.82 Å². The molecule has 0 saturated heterocycles. The van der Waals surface area contributed by atoms with Crippen molar-refractivity contribution in [2.75, 3.05) is 19.0 Å². The highest BCUT2D eigenvalue weighted by Gasteiger charge is 2.06. The van der Waals surface area contributed by atoms with Crippen LogP contribution in [0.2, 0.25) is 0 Å². The number of ether oxygens (including phenoxy) is 2. The Balaban J connectivity index is 1.80. The first kappa shape index (κ1) is 17.2. The maximum Gasteiger partial charge on any atom is 0.331 e. The zero-order valence-corrected chi connectivity index (χ0v) is 13.0. The molecule has 0 aliphatic heterocycles. The second-order valence-electron chi connectivity index (χ2n) is 4.77. The van der Waals surface area contributed by atoms with Crippen molar-refractivity contribution < 1.29 is 23.5 Å². The van der Waals surface area contributed by atoms with Crippen molar-refractivity contribution in [1.82, 2.24) is 0 Å². The Labute approximate surface area is 138 Å². The first-order chi connectivity index (χ1) is 11.6. The van der Waals surface area contributed by atoms with Crippen molar-refractivity contribution >= 4 is 23.6 Å². The van der Waals surface area contributed by atoms with Crippen molar-refractivity contribution in [3.63, 3.8) is 0 Å². The molecule has 0 spiro atoms. The van der Waals surface area contributed by atoms with Crippen molar-refractivity contribution in [3.05, 3.63) is 66.0 Å². The molecule has 1 N–H and O–H groups in total. The lowest BCUT2D eigenvalue weighted by atomic mass is 10.2. The molecule has 0 aromatic heterocycles. The molecule has 24 heavy (non-hydrogen) atoms. The molecule has 2 aromatic carbocycles. The van der Waals surface area contributed by atoms with Crippen molar-refractivity contribution in [1.29, 1.82) is 0 Å². The number of esters is 1. The van der Waals surface area contributed by atoms with Crippen LogP contribution in [0.1, 0.15) is 5.56 Å². The quantitative estimate of drug-likeness (QED) is 0.653. The van der Waals surface area contributed by atoms with Gasteiger partial charge in [0.05, 0.1) is 7.11 Å². The van der Waals surface area contributed by atoms with Gasteiger partial charge in [0.1, 0.15) is 11.6 Å². The highest BCUT2D eigenvalue weighted by atomic mass is 19.1. The predicted octanol–water partition coefficient (Wildman–Crippen LogP) is 3.03. The van der Waals surface area contributed by atoms with E-state index in [0.29, 0.717) is 11.4 Å². The fraction of sp³-hybridized carbons (Fsp3) is 0.111. The van der Waals surface area contributed by atoms with Gasteiger partial charge in [-0.3, -0.25) is 4.79 Å². The summed E-state index contributed by atoms with van der Waals surface area (Å²) in [6, 6.07) is 12.4. The van der Waals surface area contributed by atoms with Crippen LogP contribution >= 0.6 is 0 Å². The summed E-state index contributed by atoms with van der Waals surface area (Å²) in [6.45, 7) is -0.432. The molecule has 124 valence electrons. The summed E-state index contributed by atoms with van der Waals surface area (Å²) in [5.41, 5.74) is 1.19. The van der Waals surface area contributed by atoms with Crippen LogP contribution in [0.5, 0.6) is 5.75 Å². The van der Waals surface area contributed by atoms with Crippen LogP contribution in [-0.4, -0.2) is 25.6 Å². The summed E-state index contributed by atoms with van der Waals surface area (Å²) >= 11 is 0. The minimum atomic E-state index is -0.646. The number of hydrogen-bond acceptors (Lipinski definition) is 4. The molecule has 5 nitrogen and oxygen atoms in total. The number of carbonyl (C=O) groups excluding carboxylic acids is 2. The van der Waals surface area contributed by atoms with Crippen LogP contribution in [0.3, 0.4) is 0 Å². The Kier molecular flexibility index (Phi) is 6.08. The monoisotopic (exact) mass is 329 g/mol. The Hall–Kier alpha value is -3.15. The van der Waals surface area contributed by atoms with Gasteiger partial charge in [-0.15, -0.1) is 0 Å². The number of nitrogens with one attached hydrogen (secondary N) is 1. The van der Waals surface area contributed by atoms with Crippen LogP contribution in [0.4, 0.5) is 10.1 Å². The van der Waals surface area contributed by atoms with E-state index >= 15 is 0 Å². The van der Waals surface area contributed by atoms with Gasteiger partial charge in [0.25, 0.3) is 5.91 Å². The second-order valence-corrected chi connectivity index (χ2v) is 4.77. The molecule has 0 atom stereocenters. The van der Waals surface area contributed by atoms with E-state index in [0.717, 1.165) is 5.56 Å². The normalized spacial score (nSPS) is 10.4. The lowest BCUT2D eigenvalue weighted by molar-refractivity contribution is -0.142. The molecule has 6 heteroatoms. The van der Waals surface area contributed by atoms with E-state index in [1.165, 1.54) is 30.3 Å². The molecule has 0 heterocycles. The Bertz CT molecular complexity index is 741. The standard InChI is InChI=1S/C18H16FNO4/c1-23-16-4-2-3-13(11-16)5-10-18(22)24-12-17(21)20-15-8-6-14(19)7-9-15/h2-11H,12H2,1H3,(H,20,21). The van der Waals surface area contributed by atoms with Crippen LogP contribution < -0.4 is 10.1 Å².